The third kappa shape index (κ3) is 7.52. The second kappa shape index (κ2) is 11.7. The van der Waals surface area contributed by atoms with Gasteiger partial charge in [-0.25, -0.2) is 4.99 Å². The number of hydrogen-bond acceptors (Lipinski definition) is 2. The summed E-state index contributed by atoms with van der Waals surface area (Å²) in [5, 5.41) is 6.59. The van der Waals surface area contributed by atoms with E-state index in [1.807, 2.05) is 0 Å². The molecule has 1 fully saturated rings. The van der Waals surface area contributed by atoms with Crippen molar-refractivity contribution in [3.63, 3.8) is 0 Å². The fraction of sp³-hybridized carbons (Fsp3) is 0.650. The van der Waals surface area contributed by atoms with E-state index in [0.717, 1.165) is 44.0 Å². The van der Waals surface area contributed by atoms with Crippen molar-refractivity contribution in [2.24, 2.45) is 16.8 Å². The van der Waals surface area contributed by atoms with Crippen LogP contribution in [0.2, 0.25) is 0 Å². The zero-order valence-electron chi connectivity index (χ0n) is 16.2. The highest BCUT2D eigenvalue weighted by Crippen LogP contribution is 2.23. The molecule has 25 heavy (non-hydrogen) atoms. The van der Waals surface area contributed by atoms with Crippen LogP contribution in [0.3, 0.4) is 0 Å². The minimum Gasteiger partial charge on any atom is -0.357 e. The Morgan fingerprint density at radius 3 is 2.16 bits per heavy atom. The number of hydrogen-bond donors (Lipinski definition) is 2. The van der Waals surface area contributed by atoms with Gasteiger partial charge in [0.2, 0.25) is 0 Å². The van der Waals surface area contributed by atoms with Gasteiger partial charge in [-0.15, -0.1) is 24.0 Å². The van der Waals surface area contributed by atoms with Gasteiger partial charge < -0.3 is 10.6 Å². The molecule has 1 heterocycles. The van der Waals surface area contributed by atoms with Gasteiger partial charge in [0.15, 0.2) is 5.96 Å². The Kier molecular flexibility index (Phi) is 10.4. The van der Waals surface area contributed by atoms with Crippen LogP contribution in [-0.2, 0) is 13.1 Å². The summed E-state index contributed by atoms with van der Waals surface area (Å²) in [6, 6.07) is 8.74. The average Bonchev–Trinajstić information content (AvgIpc) is 2.53. The summed E-state index contributed by atoms with van der Waals surface area (Å²) in [7, 11) is 0. The first-order valence-corrected chi connectivity index (χ1v) is 9.43. The molecule has 4 nitrogen and oxygen atoms in total. The molecule has 2 N–H and O–H groups in total. The molecule has 1 aromatic carbocycles. The van der Waals surface area contributed by atoms with Gasteiger partial charge in [-0.05, 0) is 43.2 Å². The van der Waals surface area contributed by atoms with Gasteiger partial charge in [0, 0.05) is 32.7 Å². The third-order valence-corrected chi connectivity index (χ3v) is 4.55. The first-order chi connectivity index (χ1) is 11.6. The first-order valence-electron chi connectivity index (χ1n) is 9.43. The highest BCUT2D eigenvalue weighted by Gasteiger charge is 2.22. The molecular formula is C20H35IN4. The molecule has 0 saturated carbocycles. The molecule has 1 aliphatic rings. The normalized spacial score (nSPS) is 20.5. The van der Waals surface area contributed by atoms with Crippen LogP contribution >= 0.6 is 24.0 Å². The predicted molar refractivity (Wildman–Crippen MR) is 119 cm³/mol. The molecule has 0 bridgehead atoms. The van der Waals surface area contributed by atoms with Crippen LogP contribution in [0.5, 0.6) is 0 Å². The van der Waals surface area contributed by atoms with E-state index >= 15 is 0 Å². The average molecular weight is 458 g/mol. The maximum Gasteiger partial charge on any atom is 0.191 e. The van der Waals surface area contributed by atoms with E-state index in [1.165, 1.54) is 30.6 Å². The number of guanidine groups is 1. The van der Waals surface area contributed by atoms with Gasteiger partial charge in [-0.3, -0.25) is 4.90 Å². The standard InChI is InChI=1S/C20H34N4.HI/c1-5-21-20(22-6-2)23-12-18-9-7-8-10-19(18)15-24-13-16(3)11-17(4)14-24;/h7-10,16-17H,5-6,11-15H2,1-4H3,(H2,21,22,23);1H. The minimum absolute atomic E-state index is 0. The van der Waals surface area contributed by atoms with Crippen LogP contribution in [-0.4, -0.2) is 37.0 Å². The molecule has 0 amide bonds. The minimum atomic E-state index is 0. The van der Waals surface area contributed by atoms with E-state index in [0.29, 0.717) is 0 Å². The van der Waals surface area contributed by atoms with Crippen LogP contribution < -0.4 is 10.6 Å². The molecule has 0 aromatic heterocycles. The second-order valence-corrected chi connectivity index (χ2v) is 7.13. The van der Waals surface area contributed by atoms with E-state index in [-0.39, 0.29) is 24.0 Å². The van der Waals surface area contributed by atoms with E-state index in [9.17, 15) is 0 Å². The number of nitrogens with zero attached hydrogens (tertiary/aromatic N) is 2. The van der Waals surface area contributed by atoms with Gasteiger partial charge in [-0.2, -0.15) is 0 Å². The number of rotatable bonds is 6. The summed E-state index contributed by atoms with van der Waals surface area (Å²) in [4.78, 5) is 7.34. The molecule has 1 aromatic rings. The summed E-state index contributed by atoms with van der Waals surface area (Å²) < 4.78 is 0. The number of aliphatic imine (C=N–C) groups is 1. The fourth-order valence-electron chi connectivity index (χ4n) is 3.70. The third-order valence-electron chi connectivity index (χ3n) is 4.55. The van der Waals surface area contributed by atoms with Crippen LogP contribution in [0.1, 0.15) is 45.2 Å². The van der Waals surface area contributed by atoms with Gasteiger partial charge in [0.05, 0.1) is 6.54 Å². The van der Waals surface area contributed by atoms with Crippen molar-refractivity contribution in [3.8, 4) is 0 Å². The Hall–Kier alpha value is -0.820. The Morgan fingerprint density at radius 1 is 1.04 bits per heavy atom. The predicted octanol–water partition coefficient (Wildman–Crippen LogP) is 3.86. The van der Waals surface area contributed by atoms with Crippen molar-refractivity contribution in [2.45, 2.75) is 47.2 Å². The van der Waals surface area contributed by atoms with Crippen LogP contribution in [0, 0.1) is 11.8 Å². The van der Waals surface area contributed by atoms with Crippen LogP contribution in [0.4, 0.5) is 0 Å². The Bertz CT molecular complexity index is 514. The van der Waals surface area contributed by atoms with Crippen LogP contribution in [0.25, 0.3) is 0 Å². The lowest BCUT2D eigenvalue weighted by Gasteiger charge is -2.35. The van der Waals surface area contributed by atoms with Gasteiger partial charge in [-0.1, -0.05) is 38.1 Å². The lowest BCUT2D eigenvalue weighted by Crippen LogP contribution is -2.38. The first kappa shape index (κ1) is 22.2. The van der Waals surface area contributed by atoms with Crippen molar-refractivity contribution >= 4 is 29.9 Å². The van der Waals surface area contributed by atoms with E-state index in [2.05, 4.69) is 67.5 Å². The van der Waals surface area contributed by atoms with Crippen molar-refractivity contribution in [1.82, 2.24) is 15.5 Å². The molecule has 0 spiro atoms. The number of nitrogens with one attached hydrogen (secondary N) is 2. The maximum absolute atomic E-state index is 4.73. The molecule has 5 heteroatoms. The monoisotopic (exact) mass is 458 g/mol. The van der Waals surface area contributed by atoms with Crippen molar-refractivity contribution in [3.05, 3.63) is 35.4 Å². The number of benzene rings is 1. The summed E-state index contributed by atoms with van der Waals surface area (Å²) in [5.41, 5.74) is 2.74. The maximum atomic E-state index is 4.73. The lowest BCUT2D eigenvalue weighted by molar-refractivity contribution is 0.134. The number of halogens is 1. The number of likely N-dealkylation sites (tertiary alicyclic amines) is 1. The van der Waals surface area contributed by atoms with Gasteiger partial charge in [0.1, 0.15) is 0 Å². The SMILES string of the molecule is CCNC(=NCc1ccccc1CN1CC(C)CC(C)C1)NCC.I. The molecule has 0 radical (unpaired) electrons. The molecule has 1 saturated heterocycles. The molecule has 2 unspecified atom stereocenters. The topological polar surface area (TPSA) is 39.7 Å². The van der Waals surface area contributed by atoms with Crippen molar-refractivity contribution in [2.75, 3.05) is 26.2 Å². The Morgan fingerprint density at radius 2 is 1.60 bits per heavy atom. The molecule has 2 rings (SSSR count). The molecule has 2 atom stereocenters. The second-order valence-electron chi connectivity index (χ2n) is 7.13. The molecule has 142 valence electrons. The van der Waals surface area contributed by atoms with E-state index in [4.69, 9.17) is 4.99 Å². The summed E-state index contributed by atoms with van der Waals surface area (Å²) in [6.07, 6.45) is 1.36. The summed E-state index contributed by atoms with van der Waals surface area (Å²) >= 11 is 0. The highest BCUT2D eigenvalue weighted by molar-refractivity contribution is 14.0. The Labute approximate surface area is 170 Å². The molecular weight excluding hydrogens is 423 g/mol. The summed E-state index contributed by atoms with van der Waals surface area (Å²) in [5.74, 6) is 2.50. The van der Waals surface area contributed by atoms with Gasteiger partial charge in [0.25, 0.3) is 0 Å². The lowest BCUT2D eigenvalue weighted by atomic mass is 9.91. The highest BCUT2D eigenvalue weighted by atomic mass is 127. The van der Waals surface area contributed by atoms with Crippen LogP contribution in [0.15, 0.2) is 29.3 Å². The fourth-order valence-corrected chi connectivity index (χ4v) is 3.70. The van der Waals surface area contributed by atoms with E-state index in [1.54, 1.807) is 0 Å². The van der Waals surface area contributed by atoms with Crippen molar-refractivity contribution < 1.29 is 0 Å². The largest absolute Gasteiger partial charge is 0.357 e. The van der Waals surface area contributed by atoms with Crippen molar-refractivity contribution in [1.29, 1.82) is 0 Å². The Balaban J connectivity index is 0.00000312. The molecule has 1 aliphatic heterocycles. The number of piperidine rings is 1. The quantitative estimate of drug-likeness (QED) is 0.387. The summed E-state index contributed by atoms with van der Waals surface area (Å²) in [6.45, 7) is 14.9. The van der Waals surface area contributed by atoms with Gasteiger partial charge >= 0.3 is 0 Å². The smallest absolute Gasteiger partial charge is 0.191 e. The zero-order chi connectivity index (χ0) is 17.4. The van der Waals surface area contributed by atoms with E-state index < -0.39 is 0 Å². The molecule has 0 aliphatic carbocycles. The zero-order valence-corrected chi connectivity index (χ0v) is 18.5.